The van der Waals surface area contributed by atoms with Gasteiger partial charge in [0.15, 0.2) is 0 Å². The average molecular weight is 597 g/mol. The molecule has 1 aliphatic heterocycles. The standard InChI is InChI=1S/C32H44N4O5S/c1-4-34-27-18-26(19-28(20-27)36-12-8-9-13-42(36,39)40)32(38)35-30(17-24-10-6-5-7-11-24)31(37)22-33-21-25-14-23(2)15-29(16-25)41-3/h5-7,10-11,14-16,18-20,30-31,33-34,37,39-40H,4,8-9,12-13,17,21-22H2,1-3H3,(H,35,38)/t30-,31+/m0/s1. The number of nitrogens with zero attached hydrogens (tertiary/aromatic N) is 1. The first kappa shape index (κ1) is 31.7. The van der Waals surface area contributed by atoms with Crippen LogP contribution in [0.3, 0.4) is 0 Å². The number of ether oxygens (including phenoxy) is 1. The smallest absolute Gasteiger partial charge is 0.251 e. The Morgan fingerprint density at radius 2 is 1.83 bits per heavy atom. The van der Waals surface area contributed by atoms with Gasteiger partial charge in [-0.2, -0.15) is 0 Å². The van der Waals surface area contributed by atoms with Crippen LogP contribution >= 0.6 is 10.8 Å². The average Bonchev–Trinajstić information content (AvgIpc) is 2.96. The Morgan fingerprint density at radius 3 is 2.55 bits per heavy atom. The van der Waals surface area contributed by atoms with Crippen molar-refractivity contribution in [1.29, 1.82) is 0 Å². The third kappa shape index (κ3) is 8.62. The van der Waals surface area contributed by atoms with E-state index in [1.165, 1.54) is 0 Å². The largest absolute Gasteiger partial charge is 0.497 e. The van der Waals surface area contributed by atoms with Gasteiger partial charge >= 0.3 is 0 Å². The number of aryl methyl sites for hydroxylation is 1. The predicted molar refractivity (Wildman–Crippen MR) is 172 cm³/mol. The molecule has 0 bridgehead atoms. The molecule has 6 N–H and O–H groups in total. The summed E-state index contributed by atoms with van der Waals surface area (Å²) < 4.78 is 28.4. The fraction of sp³-hybridized carbons (Fsp3) is 0.406. The number of hydrogen-bond acceptors (Lipinski definition) is 8. The third-order valence-electron chi connectivity index (χ3n) is 7.34. The van der Waals surface area contributed by atoms with Crippen molar-refractivity contribution in [3.63, 3.8) is 0 Å². The van der Waals surface area contributed by atoms with E-state index in [4.69, 9.17) is 4.74 Å². The van der Waals surface area contributed by atoms with Crippen molar-refractivity contribution in [2.75, 3.05) is 42.1 Å². The summed E-state index contributed by atoms with van der Waals surface area (Å²) in [6, 6.07) is 20.5. The molecule has 4 rings (SSSR count). The molecule has 1 heterocycles. The molecule has 0 spiro atoms. The van der Waals surface area contributed by atoms with E-state index in [9.17, 15) is 19.0 Å². The second-order valence-electron chi connectivity index (χ2n) is 10.8. The number of aliphatic hydroxyl groups is 1. The molecular weight excluding hydrogens is 552 g/mol. The fourth-order valence-corrected chi connectivity index (χ4v) is 6.93. The van der Waals surface area contributed by atoms with Crippen molar-refractivity contribution in [2.45, 2.75) is 51.8 Å². The zero-order valence-electron chi connectivity index (χ0n) is 24.7. The van der Waals surface area contributed by atoms with Gasteiger partial charge in [0.1, 0.15) is 5.75 Å². The summed E-state index contributed by atoms with van der Waals surface area (Å²) in [5, 5.41) is 20.9. The topological polar surface area (TPSA) is 126 Å². The quantitative estimate of drug-likeness (QED) is 0.159. The number of benzene rings is 3. The highest BCUT2D eigenvalue weighted by molar-refractivity contribution is 8.25. The molecule has 1 saturated heterocycles. The minimum atomic E-state index is -2.95. The Morgan fingerprint density at radius 1 is 1.05 bits per heavy atom. The van der Waals surface area contributed by atoms with Gasteiger partial charge in [0, 0.05) is 37.4 Å². The normalized spacial score (nSPS) is 16.8. The molecule has 0 unspecified atom stereocenters. The van der Waals surface area contributed by atoms with Gasteiger partial charge in [-0.25, -0.2) is 0 Å². The molecule has 2 atom stereocenters. The van der Waals surface area contributed by atoms with Crippen LogP contribution in [-0.2, 0) is 13.0 Å². The van der Waals surface area contributed by atoms with E-state index in [-0.39, 0.29) is 12.5 Å². The highest BCUT2D eigenvalue weighted by Crippen LogP contribution is 2.50. The molecule has 1 amide bonds. The number of hydrogen-bond donors (Lipinski definition) is 6. The van der Waals surface area contributed by atoms with Gasteiger partial charge in [0.2, 0.25) is 0 Å². The van der Waals surface area contributed by atoms with E-state index in [1.54, 1.807) is 23.5 Å². The van der Waals surface area contributed by atoms with E-state index >= 15 is 0 Å². The third-order valence-corrected chi connectivity index (χ3v) is 9.28. The lowest BCUT2D eigenvalue weighted by molar-refractivity contribution is 0.0830. The molecule has 10 heteroatoms. The van der Waals surface area contributed by atoms with Gasteiger partial charge in [0.25, 0.3) is 5.91 Å². The molecule has 0 aliphatic carbocycles. The number of carbonyl (C=O) groups is 1. The first-order valence-corrected chi connectivity index (χ1v) is 16.2. The molecule has 3 aromatic rings. The van der Waals surface area contributed by atoms with E-state index in [2.05, 4.69) is 22.0 Å². The van der Waals surface area contributed by atoms with Crippen LogP contribution in [0.1, 0.15) is 46.8 Å². The van der Waals surface area contributed by atoms with Crippen LogP contribution in [0.5, 0.6) is 5.75 Å². The number of amides is 1. The summed E-state index contributed by atoms with van der Waals surface area (Å²) in [5.74, 6) is 0.757. The first-order valence-electron chi connectivity index (χ1n) is 14.5. The van der Waals surface area contributed by atoms with Crippen LogP contribution in [0.4, 0.5) is 11.4 Å². The van der Waals surface area contributed by atoms with Crippen LogP contribution < -0.4 is 25.0 Å². The van der Waals surface area contributed by atoms with Gasteiger partial charge in [-0.3, -0.25) is 18.2 Å². The Hall–Kier alpha value is -3.28. The molecular formula is C32H44N4O5S. The van der Waals surface area contributed by atoms with E-state index < -0.39 is 22.9 Å². The first-order chi connectivity index (χ1) is 20.2. The number of methoxy groups -OCH3 is 1. The van der Waals surface area contributed by atoms with Crippen molar-refractivity contribution < 1.29 is 23.7 Å². The lowest BCUT2D eigenvalue weighted by Crippen LogP contribution is -2.48. The summed E-state index contributed by atoms with van der Waals surface area (Å²) in [6.07, 6.45) is 1.17. The van der Waals surface area contributed by atoms with Gasteiger partial charge in [-0.05, 0) is 80.1 Å². The molecule has 9 nitrogen and oxygen atoms in total. The SMILES string of the molecule is CCNc1cc(C(=O)N[C@@H](Cc2ccccc2)[C@H](O)CNCc2cc(C)cc(OC)c2)cc(N2CCCCS2(O)O)c1. The number of carbonyl (C=O) groups excluding carboxylic acids is 1. The second-order valence-corrected chi connectivity index (χ2v) is 12.9. The molecule has 42 heavy (non-hydrogen) atoms. The summed E-state index contributed by atoms with van der Waals surface area (Å²) >= 11 is 0. The summed E-state index contributed by atoms with van der Waals surface area (Å²) in [7, 11) is -1.31. The maximum Gasteiger partial charge on any atom is 0.251 e. The van der Waals surface area contributed by atoms with Crippen molar-refractivity contribution in [2.24, 2.45) is 0 Å². The van der Waals surface area contributed by atoms with Crippen LogP contribution in [0.25, 0.3) is 0 Å². The van der Waals surface area contributed by atoms with Crippen molar-refractivity contribution in [3.05, 3.63) is 89.0 Å². The minimum Gasteiger partial charge on any atom is -0.497 e. The Balaban J connectivity index is 1.52. The monoisotopic (exact) mass is 596 g/mol. The minimum absolute atomic E-state index is 0.269. The molecule has 1 fully saturated rings. The van der Waals surface area contributed by atoms with Crippen molar-refractivity contribution >= 4 is 28.1 Å². The molecule has 3 aromatic carbocycles. The highest BCUT2D eigenvalue weighted by atomic mass is 32.3. The molecule has 0 aromatic heterocycles. The maximum absolute atomic E-state index is 13.7. The van der Waals surface area contributed by atoms with Crippen LogP contribution in [-0.4, -0.2) is 64.8 Å². The number of rotatable bonds is 13. The number of anilines is 2. The van der Waals surface area contributed by atoms with Crippen LogP contribution in [0, 0.1) is 6.92 Å². The summed E-state index contributed by atoms with van der Waals surface area (Å²) in [6.45, 7) is 5.94. The zero-order chi connectivity index (χ0) is 30.1. The van der Waals surface area contributed by atoms with E-state index in [1.807, 2.05) is 62.4 Å². The van der Waals surface area contributed by atoms with Crippen LogP contribution in [0.2, 0.25) is 0 Å². The predicted octanol–water partition coefficient (Wildman–Crippen LogP) is 5.19. The Labute approximate surface area is 250 Å². The Bertz CT molecular complexity index is 1320. The zero-order valence-corrected chi connectivity index (χ0v) is 25.5. The van der Waals surface area contributed by atoms with Crippen molar-refractivity contribution in [3.8, 4) is 5.75 Å². The van der Waals surface area contributed by atoms with Gasteiger partial charge in [-0.1, -0.05) is 36.4 Å². The van der Waals surface area contributed by atoms with Gasteiger partial charge in [0.05, 0.1) is 30.7 Å². The number of nitrogens with one attached hydrogen (secondary N) is 3. The van der Waals surface area contributed by atoms with E-state index in [0.717, 1.165) is 41.0 Å². The lowest BCUT2D eigenvalue weighted by atomic mass is 10.00. The highest BCUT2D eigenvalue weighted by Gasteiger charge is 2.28. The Kier molecular flexibility index (Phi) is 11.1. The molecule has 1 aliphatic rings. The number of aliphatic hydroxyl groups excluding tert-OH is 1. The fourth-order valence-electron chi connectivity index (χ4n) is 5.25. The molecule has 0 saturated carbocycles. The lowest BCUT2D eigenvalue weighted by Gasteiger charge is -2.47. The summed E-state index contributed by atoms with van der Waals surface area (Å²) in [5.41, 5.74) is 4.82. The van der Waals surface area contributed by atoms with Gasteiger partial charge in [-0.15, -0.1) is 10.8 Å². The summed E-state index contributed by atoms with van der Waals surface area (Å²) in [4.78, 5) is 13.7. The van der Waals surface area contributed by atoms with Crippen molar-refractivity contribution in [1.82, 2.24) is 10.6 Å². The molecule has 228 valence electrons. The maximum atomic E-state index is 13.7. The van der Waals surface area contributed by atoms with Crippen LogP contribution in [0.15, 0.2) is 66.7 Å². The van der Waals surface area contributed by atoms with Gasteiger partial charge < -0.3 is 25.8 Å². The second kappa shape index (κ2) is 14.8. The molecule has 0 radical (unpaired) electrons. The van der Waals surface area contributed by atoms with E-state index in [0.29, 0.717) is 43.1 Å².